The molecule has 0 saturated heterocycles. The predicted octanol–water partition coefficient (Wildman–Crippen LogP) is 2.55. The average molecular weight is 356 g/mol. The maximum absolute atomic E-state index is 12.0. The molecule has 0 fully saturated rings. The second-order valence-corrected chi connectivity index (χ2v) is 5.75. The fraction of sp³-hybridized carbons (Fsp3) is 0.300. The van der Waals surface area contributed by atoms with Gasteiger partial charge in [-0.3, -0.25) is 9.59 Å². The molecule has 0 atom stereocenters. The van der Waals surface area contributed by atoms with Crippen LogP contribution in [0.1, 0.15) is 12.5 Å². The molecule has 0 spiro atoms. The quantitative estimate of drug-likeness (QED) is 0.789. The summed E-state index contributed by atoms with van der Waals surface area (Å²) >= 11 is 0. The Morgan fingerprint density at radius 1 is 1.04 bits per heavy atom. The van der Waals surface area contributed by atoms with E-state index >= 15 is 0 Å². The monoisotopic (exact) mass is 356 g/mol. The van der Waals surface area contributed by atoms with Crippen molar-refractivity contribution in [3.63, 3.8) is 0 Å². The highest BCUT2D eigenvalue weighted by Gasteiger charge is 2.14. The second-order valence-electron chi connectivity index (χ2n) is 5.75. The lowest BCUT2D eigenvalue weighted by atomic mass is 10.2. The third-order valence-corrected chi connectivity index (χ3v) is 3.87. The Hall–Kier alpha value is -3.02. The molecule has 2 aromatic carbocycles. The van der Waals surface area contributed by atoms with E-state index in [-0.39, 0.29) is 18.4 Å². The van der Waals surface area contributed by atoms with Gasteiger partial charge in [-0.1, -0.05) is 30.3 Å². The number of nitrogens with zero attached hydrogens (tertiary/aromatic N) is 1. The van der Waals surface area contributed by atoms with Crippen LogP contribution in [-0.4, -0.2) is 38.6 Å². The van der Waals surface area contributed by atoms with E-state index in [4.69, 9.17) is 9.47 Å². The molecular weight excluding hydrogens is 332 g/mol. The summed E-state index contributed by atoms with van der Waals surface area (Å²) in [7, 11) is 1.55. The van der Waals surface area contributed by atoms with Crippen molar-refractivity contribution < 1.29 is 19.1 Å². The third kappa shape index (κ3) is 5.24. The molecule has 2 amide bonds. The van der Waals surface area contributed by atoms with Crippen LogP contribution in [0, 0.1) is 6.92 Å². The summed E-state index contributed by atoms with van der Waals surface area (Å²) in [5, 5.41) is 2.77. The van der Waals surface area contributed by atoms with E-state index in [0.717, 1.165) is 11.3 Å². The number of methoxy groups -OCH3 is 1. The first-order valence-corrected chi connectivity index (χ1v) is 8.39. The number of para-hydroxylation sites is 3. The van der Waals surface area contributed by atoms with Gasteiger partial charge >= 0.3 is 0 Å². The average Bonchev–Trinajstić information content (AvgIpc) is 2.64. The number of hydrogen-bond donors (Lipinski definition) is 1. The van der Waals surface area contributed by atoms with Crippen molar-refractivity contribution in [1.29, 1.82) is 0 Å². The molecule has 0 unspecified atom stereocenters. The first-order valence-electron chi connectivity index (χ1n) is 8.39. The van der Waals surface area contributed by atoms with Crippen molar-refractivity contribution in [3.05, 3.63) is 54.1 Å². The molecule has 138 valence electrons. The second kappa shape index (κ2) is 9.46. The Bertz CT molecular complexity index is 761. The van der Waals surface area contributed by atoms with Gasteiger partial charge in [0.05, 0.1) is 7.11 Å². The zero-order chi connectivity index (χ0) is 18.9. The lowest BCUT2D eigenvalue weighted by Gasteiger charge is -2.23. The number of benzene rings is 2. The van der Waals surface area contributed by atoms with Gasteiger partial charge in [0.2, 0.25) is 5.91 Å². The number of nitrogens with one attached hydrogen (secondary N) is 1. The van der Waals surface area contributed by atoms with E-state index in [2.05, 4.69) is 5.32 Å². The topological polar surface area (TPSA) is 67.9 Å². The van der Waals surface area contributed by atoms with Crippen molar-refractivity contribution in [3.8, 4) is 11.5 Å². The smallest absolute Gasteiger partial charge is 0.258 e. The fourth-order valence-corrected chi connectivity index (χ4v) is 2.55. The summed E-state index contributed by atoms with van der Waals surface area (Å²) in [4.78, 5) is 25.6. The Morgan fingerprint density at radius 2 is 1.69 bits per heavy atom. The summed E-state index contributed by atoms with van der Waals surface area (Å²) in [6.07, 6.45) is 0. The third-order valence-electron chi connectivity index (χ3n) is 3.87. The molecule has 1 N–H and O–H groups in total. The van der Waals surface area contributed by atoms with Crippen LogP contribution in [0.2, 0.25) is 0 Å². The van der Waals surface area contributed by atoms with E-state index in [1.54, 1.807) is 24.1 Å². The molecule has 2 aromatic rings. The van der Waals surface area contributed by atoms with Crippen molar-refractivity contribution >= 4 is 17.5 Å². The SMILES string of the molecule is COc1ccccc1OCC(=O)NCCN(C(C)=O)c1ccccc1C. The molecule has 0 aromatic heterocycles. The van der Waals surface area contributed by atoms with Crippen LogP contribution in [-0.2, 0) is 9.59 Å². The van der Waals surface area contributed by atoms with Crippen LogP contribution in [0.4, 0.5) is 5.69 Å². The summed E-state index contributed by atoms with van der Waals surface area (Å²) < 4.78 is 10.7. The lowest BCUT2D eigenvalue weighted by molar-refractivity contribution is -0.123. The zero-order valence-corrected chi connectivity index (χ0v) is 15.3. The largest absolute Gasteiger partial charge is 0.493 e. The Kier molecular flexibility index (Phi) is 7.02. The molecule has 0 bridgehead atoms. The Morgan fingerprint density at radius 3 is 2.35 bits per heavy atom. The molecule has 0 aliphatic carbocycles. The fourth-order valence-electron chi connectivity index (χ4n) is 2.55. The highest BCUT2D eigenvalue weighted by molar-refractivity contribution is 5.92. The van der Waals surface area contributed by atoms with Gasteiger partial charge in [-0.2, -0.15) is 0 Å². The molecule has 6 nitrogen and oxygen atoms in total. The molecule has 0 saturated carbocycles. The molecule has 0 radical (unpaired) electrons. The standard InChI is InChI=1S/C20H24N2O4/c1-15-8-4-5-9-17(15)22(16(2)23)13-12-21-20(24)14-26-19-11-7-6-10-18(19)25-3/h4-11H,12-14H2,1-3H3,(H,21,24). The van der Waals surface area contributed by atoms with E-state index < -0.39 is 0 Å². The minimum atomic E-state index is -0.260. The van der Waals surface area contributed by atoms with E-state index in [1.165, 1.54) is 6.92 Å². The van der Waals surface area contributed by atoms with Gasteiger partial charge in [0, 0.05) is 25.7 Å². The van der Waals surface area contributed by atoms with Gasteiger partial charge in [0.25, 0.3) is 5.91 Å². The van der Waals surface area contributed by atoms with Crippen molar-refractivity contribution in [2.75, 3.05) is 31.7 Å². The number of ether oxygens (including phenoxy) is 2. The molecule has 0 heterocycles. The molecule has 6 heteroatoms. The number of carbonyl (C=O) groups is 2. The minimum absolute atomic E-state index is 0.0705. The zero-order valence-electron chi connectivity index (χ0n) is 15.3. The number of carbonyl (C=O) groups excluding carboxylic acids is 2. The summed E-state index contributed by atoms with van der Waals surface area (Å²) in [6.45, 7) is 4.07. The lowest BCUT2D eigenvalue weighted by Crippen LogP contribution is -2.39. The first-order chi connectivity index (χ1) is 12.5. The summed E-state index contributed by atoms with van der Waals surface area (Å²) in [5.41, 5.74) is 1.85. The van der Waals surface area contributed by atoms with Crippen LogP contribution >= 0.6 is 0 Å². The normalized spacial score (nSPS) is 10.1. The van der Waals surface area contributed by atoms with Crippen LogP contribution in [0.25, 0.3) is 0 Å². The van der Waals surface area contributed by atoms with E-state index in [9.17, 15) is 9.59 Å². The number of amides is 2. The molecule has 0 aliphatic rings. The summed E-state index contributed by atoms with van der Waals surface area (Å²) in [5.74, 6) is 0.751. The van der Waals surface area contributed by atoms with Crippen LogP contribution in [0.3, 0.4) is 0 Å². The van der Waals surface area contributed by atoms with Gasteiger partial charge in [-0.25, -0.2) is 0 Å². The minimum Gasteiger partial charge on any atom is -0.493 e. The van der Waals surface area contributed by atoms with Crippen LogP contribution in [0.5, 0.6) is 11.5 Å². The van der Waals surface area contributed by atoms with E-state index in [0.29, 0.717) is 24.6 Å². The Balaban J connectivity index is 1.85. The maximum Gasteiger partial charge on any atom is 0.258 e. The first kappa shape index (κ1) is 19.3. The number of rotatable bonds is 8. The summed E-state index contributed by atoms with van der Waals surface area (Å²) in [6, 6.07) is 14.8. The van der Waals surface area contributed by atoms with Gasteiger partial charge in [-0.05, 0) is 30.7 Å². The number of aryl methyl sites for hydroxylation is 1. The number of hydrogen-bond acceptors (Lipinski definition) is 4. The van der Waals surface area contributed by atoms with Crippen LogP contribution in [0.15, 0.2) is 48.5 Å². The highest BCUT2D eigenvalue weighted by atomic mass is 16.5. The van der Waals surface area contributed by atoms with E-state index in [1.807, 2.05) is 43.3 Å². The van der Waals surface area contributed by atoms with Gasteiger partial charge in [0.1, 0.15) is 0 Å². The maximum atomic E-state index is 12.0. The van der Waals surface area contributed by atoms with Gasteiger partial charge in [0.15, 0.2) is 18.1 Å². The van der Waals surface area contributed by atoms with Crippen molar-refractivity contribution in [2.24, 2.45) is 0 Å². The van der Waals surface area contributed by atoms with Crippen molar-refractivity contribution in [1.82, 2.24) is 5.32 Å². The van der Waals surface area contributed by atoms with Crippen molar-refractivity contribution in [2.45, 2.75) is 13.8 Å². The molecule has 26 heavy (non-hydrogen) atoms. The Labute approximate surface area is 153 Å². The van der Waals surface area contributed by atoms with Gasteiger partial charge < -0.3 is 19.7 Å². The van der Waals surface area contributed by atoms with Crippen LogP contribution < -0.4 is 19.7 Å². The highest BCUT2D eigenvalue weighted by Crippen LogP contribution is 2.25. The molecule has 0 aliphatic heterocycles. The molecular formula is C20H24N2O4. The van der Waals surface area contributed by atoms with Gasteiger partial charge in [-0.15, -0.1) is 0 Å². The number of anilines is 1. The molecule has 2 rings (SSSR count). The predicted molar refractivity (Wildman–Crippen MR) is 101 cm³/mol.